The van der Waals surface area contributed by atoms with Crippen molar-refractivity contribution in [3.05, 3.63) is 47.3 Å². The van der Waals surface area contributed by atoms with Crippen LogP contribution in [0, 0.1) is 0 Å². The molecule has 1 aromatic heterocycles. The van der Waals surface area contributed by atoms with Crippen LogP contribution in [0.25, 0.3) is 0 Å². The van der Waals surface area contributed by atoms with Gasteiger partial charge in [0.2, 0.25) is 0 Å². The van der Waals surface area contributed by atoms with E-state index in [1.807, 2.05) is 18.2 Å². The number of carbonyl (C=O) groups is 1. The lowest BCUT2D eigenvalue weighted by Crippen LogP contribution is -2.23. The summed E-state index contributed by atoms with van der Waals surface area (Å²) in [6, 6.07) is 7.51. The fourth-order valence-corrected chi connectivity index (χ4v) is 2.22. The maximum Gasteiger partial charge on any atom is 0.251 e. The Kier molecular flexibility index (Phi) is 3.18. The standard InChI is InChI=1S/C14H15N3O2/c18-14(16-9-12-5-7-19-17-12)11-3-4-13-10(8-11)2-1-6-15-13/h3-5,7-8,15H,1-2,6,9H2,(H,16,18). The van der Waals surface area contributed by atoms with Crippen LogP contribution in [-0.4, -0.2) is 17.6 Å². The van der Waals surface area contributed by atoms with Gasteiger partial charge in [0, 0.05) is 23.9 Å². The summed E-state index contributed by atoms with van der Waals surface area (Å²) in [5.41, 5.74) is 3.75. The van der Waals surface area contributed by atoms with Crippen LogP contribution < -0.4 is 10.6 Å². The van der Waals surface area contributed by atoms with Crippen LogP contribution in [0.2, 0.25) is 0 Å². The summed E-state index contributed by atoms with van der Waals surface area (Å²) in [4.78, 5) is 12.0. The average molecular weight is 257 g/mol. The van der Waals surface area contributed by atoms with Gasteiger partial charge in [-0.05, 0) is 36.6 Å². The number of hydrogen-bond acceptors (Lipinski definition) is 4. The highest BCUT2D eigenvalue weighted by atomic mass is 16.5. The number of anilines is 1. The molecular weight excluding hydrogens is 242 g/mol. The number of nitrogens with one attached hydrogen (secondary N) is 2. The van der Waals surface area contributed by atoms with E-state index in [2.05, 4.69) is 15.8 Å². The minimum atomic E-state index is -0.0867. The molecule has 2 heterocycles. The highest BCUT2D eigenvalue weighted by Gasteiger charge is 2.12. The first-order chi connectivity index (χ1) is 9.33. The van der Waals surface area contributed by atoms with Crippen molar-refractivity contribution in [2.45, 2.75) is 19.4 Å². The smallest absolute Gasteiger partial charge is 0.251 e. The summed E-state index contributed by atoms with van der Waals surface area (Å²) in [6.45, 7) is 1.38. The van der Waals surface area contributed by atoms with E-state index < -0.39 is 0 Å². The van der Waals surface area contributed by atoms with Crippen LogP contribution in [0.4, 0.5) is 5.69 Å². The molecular formula is C14H15N3O2. The van der Waals surface area contributed by atoms with Gasteiger partial charge in [-0.15, -0.1) is 0 Å². The Morgan fingerprint density at radius 2 is 2.37 bits per heavy atom. The van der Waals surface area contributed by atoms with Gasteiger partial charge < -0.3 is 15.2 Å². The molecule has 5 heteroatoms. The summed E-state index contributed by atoms with van der Waals surface area (Å²) in [5.74, 6) is -0.0867. The van der Waals surface area contributed by atoms with Gasteiger partial charge in [-0.3, -0.25) is 4.79 Å². The van der Waals surface area contributed by atoms with Crippen molar-refractivity contribution in [2.75, 3.05) is 11.9 Å². The third-order valence-corrected chi connectivity index (χ3v) is 3.23. The number of fused-ring (bicyclic) bond motifs is 1. The maximum absolute atomic E-state index is 12.0. The summed E-state index contributed by atoms with van der Waals surface area (Å²) in [6.07, 6.45) is 3.62. The van der Waals surface area contributed by atoms with E-state index in [9.17, 15) is 4.79 Å². The van der Waals surface area contributed by atoms with Crippen molar-refractivity contribution in [1.29, 1.82) is 0 Å². The van der Waals surface area contributed by atoms with E-state index in [0.717, 1.165) is 25.1 Å². The Labute approximate surface area is 111 Å². The Bertz CT molecular complexity index is 578. The molecule has 2 N–H and O–H groups in total. The molecule has 1 amide bonds. The Morgan fingerprint density at radius 1 is 1.42 bits per heavy atom. The van der Waals surface area contributed by atoms with E-state index in [4.69, 9.17) is 4.52 Å². The summed E-state index contributed by atoms with van der Waals surface area (Å²) >= 11 is 0. The van der Waals surface area contributed by atoms with E-state index in [1.54, 1.807) is 6.07 Å². The third-order valence-electron chi connectivity index (χ3n) is 3.23. The van der Waals surface area contributed by atoms with Crippen LogP contribution in [0.15, 0.2) is 35.1 Å². The first-order valence-electron chi connectivity index (χ1n) is 6.37. The molecule has 1 aromatic carbocycles. The minimum Gasteiger partial charge on any atom is -0.385 e. The number of hydrogen-bond donors (Lipinski definition) is 2. The SMILES string of the molecule is O=C(NCc1ccon1)c1ccc2c(c1)CCCN2. The van der Waals surface area contributed by atoms with Crippen molar-refractivity contribution in [3.8, 4) is 0 Å². The molecule has 2 aromatic rings. The molecule has 0 aliphatic carbocycles. The van der Waals surface area contributed by atoms with Crippen LogP contribution in [-0.2, 0) is 13.0 Å². The lowest BCUT2D eigenvalue weighted by molar-refractivity contribution is 0.0950. The Balaban J connectivity index is 1.69. The normalized spacial score (nSPS) is 13.5. The van der Waals surface area contributed by atoms with Crippen molar-refractivity contribution >= 4 is 11.6 Å². The van der Waals surface area contributed by atoms with Crippen LogP contribution in [0.5, 0.6) is 0 Å². The van der Waals surface area contributed by atoms with Gasteiger partial charge in [-0.25, -0.2) is 0 Å². The molecule has 0 unspecified atom stereocenters. The van der Waals surface area contributed by atoms with Crippen LogP contribution >= 0.6 is 0 Å². The molecule has 0 saturated carbocycles. The fraction of sp³-hybridized carbons (Fsp3) is 0.286. The average Bonchev–Trinajstić information content (AvgIpc) is 2.97. The lowest BCUT2D eigenvalue weighted by atomic mass is 10.0. The zero-order valence-corrected chi connectivity index (χ0v) is 10.5. The molecule has 3 rings (SSSR count). The number of nitrogens with zero attached hydrogens (tertiary/aromatic N) is 1. The zero-order valence-electron chi connectivity index (χ0n) is 10.5. The Hall–Kier alpha value is -2.30. The Morgan fingerprint density at radius 3 is 3.21 bits per heavy atom. The molecule has 98 valence electrons. The van der Waals surface area contributed by atoms with Crippen molar-refractivity contribution in [2.24, 2.45) is 0 Å². The molecule has 1 aliphatic rings. The van der Waals surface area contributed by atoms with E-state index in [-0.39, 0.29) is 5.91 Å². The van der Waals surface area contributed by atoms with Gasteiger partial charge in [-0.2, -0.15) is 0 Å². The number of amides is 1. The second-order valence-corrected chi connectivity index (χ2v) is 4.58. The first kappa shape index (κ1) is 11.8. The molecule has 0 fully saturated rings. The maximum atomic E-state index is 12.0. The van der Waals surface area contributed by atoms with Gasteiger partial charge in [0.1, 0.15) is 12.0 Å². The molecule has 19 heavy (non-hydrogen) atoms. The van der Waals surface area contributed by atoms with E-state index in [0.29, 0.717) is 17.8 Å². The van der Waals surface area contributed by atoms with Crippen molar-refractivity contribution in [1.82, 2.24) is 10.5 Å². The number of aromatic nitrogens is 1. The second kappa shape index (κ2) is 5.14. The summed E-state index contributed by atoms with van der Waals surface area (Å²) in [5, 5.41) is 9.91. The summed E-state index contributed by atoms with van der Waals surface area (Å²) in [7, 11) is 0. The van der Waals surface area contributed by atoms with Crippen molar-refractivity contribution in [3.63, 3.8) is 0 Å². The molecule has 5 nitrogen and oxygen atoms in total. The highest BCUT2D eigenvalue weighted by molar-refractivity contribution is 5.94. The summed E-state index contributed by atoms with van der Waals surface area (Å²) < 4.78 is 4.72. The van der Waals surface area contributed by atoms with Gasteiger partial charge in [0.15, 0.2) is 0 Å². The number of aryl methyl sites for hydroxylation is 1. The number of benzene rings is 1. The molecule has 1 aliphatic heterocycles. The molecule has 0 atom stereocenters. The van der Waals surface area contributed by atoms with E-state index >= 15 is 0 Å². The molecule has 0 spiro atoms. The molecule has 0 saturated heterocycles. The third kappa shape index (κ3) is 2.59. The lowest BCUT2D eigenvalue weighted by Gasteiger charge is -2.18. The molecule has 0 radical (unpaired) electrons. The predicted octanol–water partition coefficient (Wildman–Crippen LogP) is 1.96. The predicted molar refractivity (Wildman–Crippen MR) is 70.9 cm³/mol. The van der Waals surface area contributed by atoms with Gasteiger partial charge >= 0.3 is 0 Å². The van der Waals surface area contributed by atoms with Gasteiger partial charge in [0.25, 0.3) is 5.91 Å². The topological polar surface area (TPSA) is 67.2 Å². The minimum absolute atomic E-state index is 0.0867. The van der Waals surface area contributed by atoms with Crippen LogP contribution in [0.1, 0.15) is 28.0 Å². The van der Waals surface area contributed by atoms with Crippen molar-refractivity contribution < 1.29 is 9.32 Å². The van der Waals surface area contributed by atoms with Crippen LogP contribution in [0.3, 0.4) is 0 Å². The highest BCUT2D eigenvalue weighted by Crippen LogP contribution is 2.22. The zero-order chi connectivity index (χ0) is 13.1. The van der Waals surface area contributed by atoms with Gasteiger partial charge in [-0.1, -0.05) is 5.16 Å². The number of rotatable bonds is 3. The monoisotopic (exact) mass is 257 g/mol. The first-order valence-corrected chi connectivity index (χ1v) is 6.37. The number of carbonyl (C=O) groups excluding carboxylic acids is 1. The van der Waals surface area contributed by atoms with Gasteiger partial charge in [0.05, 0.1) is 6.54 Å². The fourth-order valence-electron chi connectivity index (χ4n) is 2.22. The largest absolute Gasteiger partial charge is 0.385 e. The quantitative estimate of drug-likeness (QED) is 0.882. The second-order valence-electron chi connectivity index (χ2n) is 4.58. The van der Waals surface area contributed by atoms with E-state index in [1.165, 1.54) is 11.8 Å². The molecule has 0 bridgehead atoms.